The van der Waals surface area contributed by atoms with Crippen LogP contribution in [0, 0.1) is 13.8 Å². The van der Waals surface area contributed by atoms with Gasteiger partial charge in [0.15, 0.2) is 0 Å². The molecular weight excluding hydrogens is 296 g/mol. The van der Waals surface area contributed by atoms with Crippen molar-refractivity contribution in [2.24, 2.45) is 0 Å². The van der Waals surface area contributed by atoms with Crippen molar-refractivity contribution in [3.05, 3.63) is 58.7 Å². The highest BCUT2D eigenvalue weighted by Gasteiger charge is 2.08. The van der Waals surface area contributed by atoms with E-state index in [-0.39, 0.29) is 0 Å². The zero-order chi connectivity index (χ0) is 17.4. The van der Waals surface area contributed by atoms with Crippen LogP contribution in [-0.4, -0.2) is 6.61 Å². The first-order valence-corrected chi connectivity index (χ1v) is 9.09. The third kappa shape index (κ3) is 5.02. The van der Waals surface area contributed by atoms with E-state index in [1.54, 1.807) is 0 Å². The summed E-state index contributed by atoms with van der Waals surface area (Å²) in [6.07, 6.45) is 4.67. The van der Waals surface area contributed by atoms with Gasteiger partial charge in [-0.25, -0.2) is 0 Å². The molecule has 0 aliphatic heterocycles. The van der Waals surface area contributed by atoms with E-state index in [1.807, 2.05) is 12.1 Å². The first-order chi connectivity index (χ1) is 11.7. The molecule has 0 spiro atoms. The fourth-order valence-corrected chi connectivity index (χ4v) is 2.64. The normalized spacial score (nSPS) is 10.7. The topological polar surface area (TPSA) is 18.5 Å². The van der Waals surface area contributed by atoms with Crippen molar-refractivity contribution in [2.75, 3.05) is 6.61 Å². The van der Waals surface area contributed by atoms with Gasteiger partial charge in [0, 0.05) is 0 Å². The van der Waals surface area contributed by atoms with Crippen molar-refractivity contribution in [1.29, 1.82) is 0 Å². The predicted molar refractivity (Wildman–Crippen MR) is 101 cm³/mol. The average Bonchev–Trinajstić information content (AvgIpc) is 2.61. The summed E-state index contributed by atoms with van der Waals surface area (Å²) in [5.74, 6) is 1.90. The first kappa shape index (κ1) is 18.4. The molecular formula is C22H30O2. The highest BCUT2D eigenvalue weighted by Crippen LogP contribution is 2.29. The van der Waals surface area contributed by atoms with Gasteiger partial charge in [0.25, 0.3) is 0 Å². The SMILES string of the molecule is CCCCc1ccc(COc2ccc(OCCC)c(C)c2C)cc1. The second-order valence-electron chi connectivity index (χ2n) is 6.37. The summed E-state index contributed by atoms with van der Waals surface area (Å²) in [6, 6.07) is 12.8. The Morgan fingerprint density at radius 2 is 1.29 bits per heavy atom. The third-order valence-corrected chi connectivity index (χ3v) is 4.39. The van der Waals surface area contributed by atoms with E-state index in [2.05, 4.69) is 52.0 Å². The van der Waals surface area contributed by atoms with E-state index < -0.39 is 0 Å². The number of rotatable bonds is 9. The maximum Gasteiger partial charge on any atom is 0.123 e. The van der Waals surface area contributed by atoms with Gasteiger partial charge in [0.2, 0.25) is 0 Å². The molecule has 0 aliphatic rings. The lowest BCUT2D eigenvalue weighted by molar-refractivity contribution is 0.298. The Kier molecular flexibility index (Phi) is 7.17. The summed E-state index contributed by atoms with van der Waals surface area (Å²) in [4.78, 5) is 0. The largest absolute Gasteiger partial charge is 0.493 e. The van der Waals surface area contributed by atoms with Crippen LogP contribution < -0.4 is 9.47 Å². The molecule has 0 unspecified atom stereocenters. The Morgan fingerprint density at radius 3 is 1.88 bits per heavy atom. The minimum absolute atomic E-state index is 0.601. The molecule has 0 bridgehead atoms. The number of hydrogen-bond donors (Lipinski definition) is 0. The first-order valence-electron chi connectivity index (χ1n) is 9.09. The molecule has 2 rings (SSSR count). The summed E-state index contributed by atoms with van der Waals surface area (Å²) in [5, 5.41) is 0. The van der Waals surface area contributed by atoms with Crippen molar-refractivity contribution >= 4 is 0 Å². The highest BCUT2D eigenvalue weighted by molar-refractivity contribution is 5.47. The lowest BCUT2D eigenvalue weighted by Crippen LogP contribution is -2.01. The van der Waals surface area contributed by atoms with Crippen molar-refractivity contribution < 1.29 is 9.47 Å². The Hall–Kier alpha value is -1.96. The Labute approximate surface area is 146 Å². The molecule has 2 nitrogen and oxygen atoms in total. The molecule has 0 saturated carbocycles. The summed E-state index contributed by atoms with van der Waals surface area (Å²) in [6.45, 7) is 9.89. The van der Waals surface area contributed by atoms with Crippen LogP contribution >= 0.6 is 0 Å². The van der Waals surface area contributed by atoms with Crippen molar-refractivity contribution in [2.45, 2.75) is 60.0 Å². The quantitative estimate of drug-likeness (QED) is 0.561. The van der Waals surface area contributed by atoms with Gasteiger partial charge >= 0.3 is 0 Å². The van der Waals surface area contributed by atoms with Crippen molar-refractivity contribution in [3.63, 3.8) is 0 Å². The summed E-state index contributed by atoms with van der Waals surface area (Å²) < 4.78 is 11.8. The Bertz CT molecular complexity index is 629. The van der Waals surface area contributed by atoms with E-state index >= 15 is 0 Å². The molecule has 0 fully saturated rings. The zero-order valence-corrected chi connectivity index (χ0v) is 15.5. The number of benzene rings is 2. The van der Waals surface area contributed by atoms with Crippen LogP contribution in [0.3, 0.4) is 0 Å². The number of unbranched alkanes of at least 4 members (excludes halogenated alkanes) is 1. The van der Waals surface area contributed by atoms with E-state index in [0.29, 0.717) is 6.61 Å². The van der Waals surface area contributed by atoms with Gasteiger partial charge < -0.3 is 9.47 Å². The Balaban J connectivity index is 1.97. The molecule has 2 aromatic rings. The van der Waals surface area contributed by atoms with Crippen LogP contribution in [0.1, 0.15) is 55.4 Å². The van der Waals surface area contributed by atoms with Gasteiger partial charge in [0.05, 0.1) is 6.61 Å². The molecule has 0 aliphatic carbocycles. The maximum absolute atomic E-state index is 6.03. The monoisotopic (exact) mass is 326 g/mol. The van der Waals surface area contributed by atoms with E-state index in [0.717, 1.165) is 42.1 Å². The van der Waals surface area contributed by atoms with Gasteiger partial charge in [-0.1, -0.05) is 44.5 Å². The molecule has 130 valence electrons. The smallest absolute Gasteiger partial charge is 0.123 e. The molecule has 0 aromatic heterocycles. The van der Waals surface area contributed by atoms with Gasteiger partial charge in [-0.2, -0.15) is 0 Å². The van der Waals surface area contributed by atoms with Crippen LogP contribution in [-0.2, 0) is 13.0 Å². The van der Waals surface area contributed by atoms with E-state index in [1.165, 1.54) is 24.0 Å². The number of hydrogen-bond acceptors (Lipinski definition) is 2. The van der Waals surface area contributed by atoms with Crippen molar-refractivity contribution in [1.82, 2.24) is 0 Å². The Morgan fingerprint density at radius 1 is 0.708 bits per heavy atom. The lowest BCUT2D eigenvalue weighted by Gasteiger charge is -2.15. The average molecular weight is 326 g/mol. The molecule has 2 heteroatoms. The van der Waals surface area contributed by atoms with Gasteiger partial charge in [-0.15, -0.1) is 0 Å². The van der Waals surface area contributed by atoms with E-state index in [9.17, 15) is 0 Å². The second-order valence-corrected chi connectivity index (χ2v) is 6.37. The highest BCUT2D eigenvalue weighted by atomic mass is 16.5. The predicted octanol–water partition coefficient (Wildman–Crippen LogP) is 6.01. The minimum Gasteiger partial charge on any atom is -0.493 e. The van der Waals surface area contributed by atoms with Crippen LogP contribution in [0.15, 0.2) is 36.4 Å². The summed E-state index contributed by atoms with van der Waals surface area (Å²) in [7, 11) is 0. The molecule has 2 aromatic carbocycles. The van der Waals surface area contributed by atoms with Crippen LogP contribution in [0.5, 0.6) is 11.5 Å². The molecule has 0 amide bonds. The summed E-state index contributed by atoms with van der Waals surface area (Å²) in [5.41, 5.74) is 4.93. The van der Waals surface area contributed by atoms with Crippen molar-refractivity contribution in [3.8, 4) is 11.5 Å². The molecule has 0 saturated heterocycles. The van der Waals surface area contributed by atoms with Crippen LogP contribution in [0.2, 0.25) is 0 Å². The molecule has 0 radical (unpaired) electrons. The van der Waals surface area contributed by atoms with Gasteiger partial charge in [-0.05, 0) is 67.5 Å². The van der Waals surface area contributed by atoms with E-state index in [4.69, 9.17) is 9.47 Å². The number of ether oxygens (including phenoxy) is 2. The molecule has 24 heavy (non-hydrogen) atoms. The third-order valence-electron chi connectivity index (χ3n) is 4.39. The maximum atomic E-state index is 6.03. The van der Waals surface area contributed by atoms with Crippen LogP contribution in [0.25, 0.3) is 0 Å². The molecule has 0 heterocycles. The lowest BCUT2D eigenvalue weighted by atomic mass is 10.1. The fraction of sp³-hybridized carbons (Fsp3) is 0.455. The van der Waals surface area contributed by atoms with Gasteiger partial charge in [0.1, 0.15) is 18.1 Å². The van der Waals surface area contributed by atoms with Crippen LogP contribution in [0.4, 0.5) is 0 Å². The number of aryl methyl sites for hydroxylation is 1. The standard InChI is InChI=1S/C22H30O2/c1-5-7-8-19-9-11-20(12-10-19)16-24-22-14-13-21(23-15-6-2)17(3)18(22)4/h9-14H,5-8,15-16H2,1-4H3. The molecule has 0 N–H and O–H groups in total. The molecule has 0 atom stereocenters. The fourth-order valence-electron chi connectivity index (χ4n) is 2.64. The zero-order valence-electron chi connectivity index (χ0n) is 15.5. The van der Waals surface area contributed by atoms with Gasteiger partial charge in [-0.3, -0.25) is 0 Å². The minimum atomic E-state index is 0.601. The second kappa shape index (κ2) is 9.36. The summed E-state index contributed by atoms with van der Waals surface area (Å²) >= 11 is 0.